The van der Waals surface area contributed by atoms with Crippen LogP contribution in [0.5, 0.6) is 0 Å². The van der Waals surface area contributed by atoms with Crippen LogP contribution in [-0.2, 0) is 0 Å². The van der Waals surface area contributed by atoms with Gasteiger partial charge in [-0.15, -0.1) is 8.78 Å². The lowest BCUT2D eigenvalue weighted by atomic mass is 9.87. The summed E-state index contributed by atoms with van der Waals surface area (Å²) >= 11 is 0. The van der Waals surface area contributed by atoms with Gasteiger partial charge in [-0.3, -0.25) is 0 Å². The fourth-order valence-electron chi connectivity index (χ4n) is 2.58. The van der Waals surface area contributed by atoms with E-state index in [1.807, 2.05) is 0 Å². The lowest BCUT2D eigenvalue weighted by molar-refractivity contribution is 0.538. The molecule has 0 N–H and O–H groups in total. The molecule has 0 bridgehead atoms. The Morgan fingerprint density at radius 2 is 1.16 bits per heavy atom. The second-order valence-corrected chi connectivity index (χ2v) is 5.16. The van der Waals surface area contributed by atoms with Crippen LogP contribution in [0.1, 0.15) is 11.1 Å². The van der Waals surface area contributed by atoms with Crippen molar-refractivity contribution in [1.82, 2.24) is 0 Å². The summed E-state index contributed by atoms with van der Waals surface area (Å²) in [5.74, 6) is -6.04. The monoisotopic (exact) mass is 351 g/mol. The van der Waals surface area contributed by atoms with E-state index >= 15 is 0 Å². The topological polar surface area (TPSA) is 0 Å². The van der Waals surface area contributed by atoms with E-state index < -0.39 is 57.5 Å². The molecule has 0 radical (unpaired) electrons. The normalized spacial score (nSPS) is 13.9. The van der Waals surface area contributed by atoms with E-state index in [-0.39, 0.29) is 0 Å². The van der Waals surface area contributed by atoms with Crippen molar-refractivity contribution >= 4 is 5.57 Å². The highest BCUT2D eigenvalue weighted by Gasteiger charge is 2.37. The number of benzene rings is 2. The Hall–Kier alpha value is -2.89. The molecule has 25 heavy (non-hydrogen) atoms. The van der Waals surface area contributed by atoms with Crippen molar-refractivity contribution in [3.63, 3.8) is 0 Å². The summed E-state index contributed by atoms with van der Waals surface area (Å²) in [7, 11) is 0. The first-order valence-electron chi connectivity index (χ1n) is 7.12. The van der Waals surface area contributed by atoms with Crippen LogP contribution in [0.25, 0.3) is 5.57 Å². The van der Waals surface area contributed by atoms with Gasteiger partial charge in [0.25, 0.3) is 0 Å². The lowest BCUT2D eigenvalue weighted by Crippen LogP contribution is -2.09. The van der Waals surface area contributed by atoms with Crippen molar-refractivity contribution in [3.05, 3.63) is 107 Å². The largest absolute Gasteiger partial charge is 0.225 e. The Kier molecular flexibility index (Phi) is 4.44. The summed E-state index contributed by atoms with van der Waals surface area (Å²) in [5, 5.41) is 0. The van der Waals surface area contributed by atoms with Gasteiger partial charge in [-0.2, -0.15) is 0 Å². The molecule has 0 nitrogen and oxygen atoms in total. The maximum atomic E-state index is 14.2. The lowest BCUT2D eigenvalue weighted by Gasteiger charge is -2.14. The number of hydrogen-bond acceptors (Lipinski definition) is 0. The van der Waals surface area contributed by atoms with Crippen LogP contribution < -0.4 is 0 Å². The molecule has 0 aromatic heterocycles. The van der Waals surface area contributed by atoms with Crippen LogP contribution in [0, 0.1) is 29.4 Å². The van der Waals surface area contributed by atoms with Gasteiger partial charge in [0.15, 0.2) is 5.57 Å². The first-order valence-corrected chi connectivity index (χ1v) is 7.12. The number of hydrogen-bond donors (Lipinski definition) is 0. The molecule has 0 atom stereocenters. The summed E-state index contributed by atoms with van der Waals surface area (Å²) in [4.78, 5) is 0. The van der Waals surface area contributed by atoms with Crippen molar-refractivity contribution < 1.29 is 26.3 Å². The standard InChI is InChI=1S/C19H9F6/c20-10-4-1-5-11(21)16(10)19(17-12(22)6-2-7-13(17)23)18-14(24)8-3-9-15(18)25/h1-9H/q+1. The van der Waals surface area contributed by atoms with Gasteiger partial charge in [0.2, 0.25) is 12.0 Å². The zero-order valence-corrected chi connectivity index (χ0v) is 12.5. The van der Waals surface area contributed by atoms with Crippen LogP contribution in [0.15, 0.2) is 66.0 Å². The molecule has 1 aliphatic rings. The minimum absolute atomic E-state index is 0.829. The zero-order chi connectivity index (χ0) is 18.1. The number of halogens is 6. The third-order valence-electron chi connectivity index (χ3n) is 3.64. The Morgan fingerprint density at radius 3 is 1.56 bits per heavy atom. The molecule has 0 heterocycles. The van der Waals surface area contributed by atoms with E-state index in [4.69, 9.17) is 0 Å². The summed E-state index contributed by atoms with van der Waals surface area (Å²) in [6, 6.07) is 5.38. The molecule has 0 spiro atoms. The van der Waals surface area contributed by atoms with Gasteiger partial charge in [-0.25, -0.2) is 17.6 Å². The van der Waals surface area contributed by atoms with E-state index in [1.165, 1.54) is 0 Å². The summed E-state index contributed by atoms with van der Waals surface area (Å²) < 4.78 is 85.5. The Morgan fingerprint density at radius 1 is 0.720 bits per heavy atom. The predicted octanol–water partition coefficient (Wildman–Crippen LogP) is 5.97. The van der Waals surface area contributed by atoms with E-state index in [1.54, 1.807) is 0 Å². The molecule has 2 aromatic rings. The fourth-order valence-corrected chi connectivity index (χ4v) is 2.58. The third-order valence-corrected chi connectivity index (χ3v) is 3.64. The molecule has 0 amide bonds. The number of allylic oxidation sites excluding steroid dienone is 5. The van der Waals surface area contributed by atoms with Crippen LogP contribution in [0.2, 0.25) is 0 Å². The SMILES string of the molecule is FC1=CC=C[C+](F)C1=C(c1c(F)cccc1F)c1c(F)cccc1F. The Labute approximate surface area is 139 Å². The van der Waals surface area contributed by atoms with Gasteiger partial charge >= 0.3 is 0 Å². The maximum absolute atomic E-state index is 14.2. The van der Waals surface area contributed by atoms with E-state index in [2.05, 4.69) is 0 Å². The molecular formula is C19H9F6+. The minimum atomic E-state index is -1.21. The molecule has 1 aliphatic carbocycles. The fraction of sp³-hybridized carbons (Fsp3) is 0. The van der Waals surface area contributed by atoms with Gasteiger partial charge in [-0.05, 0) is 24.3 Å². The average Bonchev–Trinajstić information content (AvgIpc) is 2.53. The van der Waals surface area contributed by atoms with E-state index in [9.17, 15) is 26.3 Å². The van der Waals surface area contributed by atoms with Crippen molar-refractivity contribution in [1.29, 1.82) is 0 Å². The molecule has 0 saturated carbocycles. The van der Waals surface area contributed by atoms with E-state index in [0.717, 1.165) is 54.6 Å². The predicted molar refractivity (Wildman–Crippen MR) is 81.4 cm³/mol. The highest BCUT2D eigenvalue weighted by Crippen LogP contribution is 2.42. The second-order valence-electron chi connectivity index (χ2n) is 5.16. The van der Waals surface area contributed by atoms with Crippen molar-refractivity contribution in [2.75, 3.05) is 0 Å². The Balaban J connectivity index is 2.47. The van der Waals surface area contributed by atoms with Crippen molar-refractivity contribution in [2.24, 2.45) is 0 Å². The zero-order valence-electron chi connectivity index (χ0n) is 12.5. The van der Waals surface area contributed by atoms with Crippen LogP contribution >= 0.6 is 0 Å². The highest BCUT2D eigenvalue weighted by atomic mass is 19.2. The van der Waals surface area contributed by atoms with Gasteiger partial charge in [0.05, 0.1) is 28.9 Å². The molecule has 0 fully saturated rings. The van der Waals surface area contributed by atoms with Crippen LogP contribution in [0.3, 0.4) is 0 Å². The second kappa shape index (κ2) is 6.55. The van der Waals surface area contributed by atoms with Crippen molar-refractivity contribution in [3.8, 4) is 0 Å². The minimum Gasteiger partial charge on any atom is -0.205 e. The maximum Gasteiger partial charge on any atom is 0.225 e. The average molecular weight is 351 g/mol. The van der Waals surface area contributed by atoms with Crippen LogP contribution in [-0.4, -0.2) is 0 Å². The van der Waals surface area contributed by atoms with Gasteiger partial charge < -0.3 is 0 Å². The molecule has 126 valence electrons. The highest BCUT2D eigenvalue weighted by molar-refractivity contribution is 5.87. The quantitative estimate of drug-likeness (QED) is 0.462. The first kappa shape index (κ1) is 17.0. The summed E-state index contributed by atoms with van der Waals surface area (Å²) in [6.07, 6.45) is 1.48. The molecular weight excluding hydrogens is 342 g/mol. The first-order chi connectivity index (χ1) is 11.9. The van der Waals surface area contributed by atoms with Gasteiger partial charge in [0.1, 0.15) is 23.3 Å². The molecule has 6 heteroatoms. The van der Waals surface area contributed by atoms with Gasteiger partial charge in [0, 0.05) is 6.08 Å². The van der Waals surface area contributed by atoms with E-state index in [0.29, 0.717) is 0 Å². The number of rotatable bonds is 2. The third kappa shape index (κ3) is 2.95. The Bertz CT molecular complexity index is 830. The van der Waals surface area contributed by atoms with Crippen molar-refractivity contribution in [2.45, 2.75) is 0 Å². The smallest absolute Gasteiger partial charge is 0.205 e. The molecule has 3 rings (SSSR count). The molecule has 0 saturated heterocycles. The summed E-state index contributed by atoms with van der Waals surface area (Å²) in [5.41, 5.74) is -3.64. The van der Waals surface area contributed by atoms with Crippen LogP contribution in [0.4, 0.5) is 26.3 Å². The molecule has 0 aliphatic heterocycles. The molecule has 0 unspecified atom stereocenters. The molecule has 2 aromatic carbocycles. The van der Waals surface area contributed by atoms with Gasteiger partial charge in [-0.1, -0.05) is 12.1 Å². The summed E-state index contributed by atoms with van der Waals surface area (Å²) in [6.45, 7) is 0.